The van der Waals surface area contributed by atoms with E-state index in [0.29, 0.717) is 23.1 Å². The Labute approximate surface area is 223 Å². The Hall–Kier alpha value is -4.05. The van der Waals surface area contributed by atoms with E-state index in [2.05, 4.69) is 0 Å². The second-order valence-electron chi connectivity index (χ2n) is 10.6. The van der Waals surface area contributed by atoms with Crippen LogP contribution in [0, 0.1) is 11.6 Å². The zero-order chi connectivity index (χ0) is 27.3. The van der Waals surface area contributed by atoms with Crippen molar-refractivity contribution in [3.05, 3.63) is 99.0 Å². The zero-order valence-electron chi connectivity index (χ0n) is 21.3. The topological polar surface area (TPSA) is 94.6 Å². The maximum Gasteiger partial charge on any atom is 0.279 e. The monoisotopic (exact) mass is 535 g/mol. The lowest BCUT2D eigenvalue weighted by molar-refractivity contribution is -0.989. The number of pyridine rings is 1. The van der Waals surface area contributed by atoms with Gasteiger partial charge in [0.25, 0.3) is 11.8 Å². The summed E-state index contributed by atoms with van der Waals surface area (Å²) in [5.41, 5.74) is 5.86. The standard InChI is InChI=1S/C29H28F2N4O4/c30-20-9-8-19(23(31)13-20)16-35-12-4-7-21(35)10-11-34-24(35)15-33-14-22(28(32)37)26(36)27(25(33)29(34)38)39-17-18-5-2-1-3-6-18/h1-3,5-6,8-9,13-14,21,24H,4,7,10-12,15-17H2,(H-,32,37)/p+1/t21-,24-,35?/m0/s1. The number of amides is 2. The zero-order valence-corrected chi connectivity index (χ0v) is 21.3. The lowest BCUT2D eigenvalue weighted by Crippen LogP contribution is -2.71. The normalized spacial score (nSPS) is 23.6. The number of nitrogens with zero attached hydrogens (tertiary/aromatic N) is 3. The molecule has 1 aromatic heterocycles. The van der Waals surface area contributed by atoms with Gasteiger partial charge < -0.3 is 15.0 Å². The first-order valence-electron chi connectivity index (χ1n) is 13.1. The van der Waals surface area contributed by atoms with Gasteiger partial charge in [-0.05, 0) is 17.7 Å². The molecule has 3 aromatic rings. The van der Waals surface area contributed by atoms with Crippen LogP contribution >= 0.6 is 0 Å². The molecule has 2 amide bonds. The van der Waals surface area contributed by atoms with Crippen molar-refractivity contribution in [2.75, 3.05) is 13.1 Å². The lowest BCUT2D eigenvalue weighted by atomic mass is 9.98. The Balaban J connectivity index is 1.43. The first-order chi connectivity index (χ1) is 18.8. The van der Waals surface area contributed by atoms with Crippen molar-refractivity contribution in [3.8, 4) is 5.75 Å². The van der Waals surface area contributed by atoms with Gasteiger partial charge in [0.05, 0.1) is 19.1 Å². The molecule has 6 rings (SSSR count). The summed E-state index contributed by atoms with van der Waals surface area (Å²) in [7, 11) is 0. The Bertz CT molecular complexity index is 1530. The van der Waals surface area contributed by atoms with Gasteiger partial charge >= 0.3 is 0 Å². The molecule has 8 nitrogen and oxygen atoms in total. The van der Waals surface area contributed by atoms with E-state index in [9.17, 15) is 23.2 Å². The number of fused-ring (bicyclic) bond motifs is 4. The quantitative estimate of drug-likeness (QED) is 0.491. The molecule has 0 bridgehead atoms. The highest BCUT2D eigenvalue weighted by Crippen LogP contribution is 2.43. The van der Waals surface area contributed by atoms with Gasteiger partial charge in [0.1, 0.15) is 30.3 Å². The molecule has 4 heterocycles. The Kier molecular flexibility index (Phi) is 6.22. The molecule has 3 atom stereocenters. The van der Waals surface area contributed by atoms with E-state index < -0.39 is 23.0 Å². The highest BCUT2D eigenvalue weighted by Gasteiger charge is 2.56. The van der Waals surface area contributed by atoms with Crippen LogP contribution in [0.1, 0.15) is 51.2 Å². The van der Waals surface area contributed by atoms with Crippen LogP contribution in [-0.2, 0) is 19.7 Å². The minimum Gasteiger partial charge on any atom is -0.483 e. The maximum atomic E-state index is 14.8. The SMILES string of the molecule is NC(=O)c1cn2c(c(OCc3ccccc3)c1=O)C(=O)N1CC[C@@H]3CCC[N+]3(Cc3ccc(F)cc3F)[C@H]1C2. The number of hydrogen-bond acceptors (Lipinski definition) is 4. The summed E-state index contributed by atoms with van der Waals surface area (Å²) in [5, 5.41) is 0. The number of halogens is 2. The van der Waals surface area contributed by atoms with E-state index in [0.717, 1.165) is 37.4 Å². The Morgan fingerprint density at radius 2 is 1.90 bits per heavy atom. The fraction of sp³-hybridized carbons (Fsp3) is 0.345. The molecule has 0 aliphatic carbocycles. The molecule has 3 aliphatic heterocycles. The van der Waals surface area contributed by atoms with Gasteiger partial charge in [-0.3, -0.25) is 23.8 Å². The number of quaternary nitrogens is 1. The van der Waals surface area contributed by atoms with Crippen molar-refractivity contribution >= 4 is 11.8 Å². The maximum absolute atomic E-state index is 14.8. The summed E-state index contributed by atoms with van der Waals surface area (Å²) in [6.07, 6.45) is 3.58. The van der Waals surface area contributed by atoms with E-state index in [-0.39, 0.29) is 48.3 Å². The smallest absolute Gasteiger partial charge is 0.279 e. The third kappa shape index (κ3) is 4.19. The molecule has 0 spiro atoms. The fourth-order valence-electron chi connectivity index (χ4n) is 6.70. The van der Waals surface area contributed by atoms with Gasteiger partial charge in [-0.2, -0.15) is 0 Å². The van der Waals surface area contributed by atoms with Crippen LogP contribution in [0.4, 0.5) is 8.78 Å². The van der Waals surface area contributed by atoms with Crippen molar-refractivity contribution in [3.63, 3.8) is 0 Å². The molecule has 10 heteroatoms. The highest BCUT2D eigenvalue weighted by molar-refractivity contribution is 5.98. The average Bonchev–Trinajstić information content (AvgIpc) is 3.34. The molecule has 2 aromatic carbocycles. The third-order valence-electron chi connectivity index (χ3n) is 8.53. The first-order valence-corrected chi connectivity index (χ1v) is 13.1. The number of carbonyl (C=O) groups excluding carboxylic acids is 2. The van der Waals surface area contributed by atoms with E-state index in [1.807, 2.05) is 30.3 Å². The van der Waals surface area contributed by atoms with Gasteiger partial charge in [-0.1, -0.05) is 30.3 Å². The number of carbonyl (C=O) groups is 2. The number of hydrogen-bond donors (Lipinski definition) is 1. The number of benzene rings is 2. The number of primary amides is 1. The van der Waals surface area contributed by atoms with E-state index in [1.54, 1.807) is 9.47 Å². The van der Waals surface area contributed by atoms with E-state index in [1.165, 1.54) is 18.3 Å². The summed E-state index contributed by atoms with van der Waals surface area (Å²) in [5.74, 6) is -2.72. The van der Waals surface area contributed by atoms with Gasteiger partial charge in [-0.15, -0.1) is 0 Å². The highest BCUT2D eigenvalue weighted by atomic mass is 19.1. The molecule has 2 saturated heterocycles. The number of nitrogens with two attached hydrogens (primary N) is 1. The molecule has 1 unspecified atom stereocenters. The van der Waals surface area contributed by atoms with Gasteiger partial charge in [0, 0.05) is 43.6 Å². The van der Waals surface area contributed by atoms with Crippen LogP contribution in [0.25, 0.3) is 0 Å². The molecule has 2 fully saturated rings. The van der Waals surface area contributed by atoms with Crippen LogP contribution in [0.15, 0.2) is 59.5 Å². The summed E-state index contributed by atoms with van der Waals surface area (Å²) in [6, 6.07) is 13.0. The number of aromatic nitrogens is 1. The summed E-state index contributed by atoms with van der Waals surface area (Å²) < 4.78 is 36.4. The van der Waals surface area contributed by atoms with Crippen LogP contribution in [0.3, 0.4) is 0 Å². The van der Waals surface area contributed by atoms with E-state index >= 15 is 0 Å². The molecule has 0 radical (unpaired) electrons. The van der Waals surface area contributed by atoms with Gasteiger partial charge in [0.2, 0.25) is 5.43 Å². The number of rotatable bonds is 6. The molecular formula is C29H29F2N4O4+. The molecule has 0 saturated carbocycles. The molecule has 39 heavy (non-hydrogen) atoms. The Morgan fingerprint density at radius 3 is 2.64 bits per heavy atom. The molecule has 2 N–H and O–H groups in total. The largest absolute Gasteiger partial charge is 0.483 e. The summed E-state index contributed by atoms with van der Waals surface area (Å²) >= 11 is 0. The predicted molar refractivity (Wildman–Crippen MR) is 138 cm³/mol. The third-order valence-corrected chi connectivity index (χ3v) is 8.53. The average molecular weight is 536 g/mol. The van der Waals surface area contributed by atoms with Crippen molar-refractivity contribution in [2.45, 2.75) is 51.2 Å². The van der Waals surface area contributed by atoms with Gasteiger partial charge in [0.15, 0.2) is 17.6 Å². The summed E-state index contributed by atoms with van der Waals surface area (Å²) in [6.45, 7) is 1.84. The van der Waals surface area contributed by atoms with Crippen LogP contribution in [-0.4, -0.2) is 51.1 Å². The van der Waals surface area contributed by atoms with Crippen molar-refractivity contribution in [1.82, 2.24) is 9.47 Å². The Morgan fingerprint density at radius 1 is 1.10 bits per heavy atom. The molecule has 202 valence electrons. The second kappa shape index (κ2) is 9.60. The minimum atomic E-state index is -0.908. The van der Waals surface area contributed by atoms with E-state index in [4.69, 9.17) is 10.5 Å². The summed E-state index contributed by atoms with van der Waals surface area (Å²) in [4.78, 5) is 41.3. The lowest BCUT2D eigenvalue weighted by Gasteiger charge is -2.55. The number of ether oxygens (including phenoxy) is 1. The van der Waals surface area contributed by atoms with Crippen molar-refractivity contribution < 1.29 is 27.6 Å². The van der Waals surface area contributed by atoms with Gasteiger partial charge in [-0.25, -0.2) is 8.78 Å². The van der Waals surface area contributed by atoms with Crippen LogP contribution in [0.2, 0.25) is 0 Å². The molecular weight excluding hydrogens is 506 g/mol. The fourth-order valence-corrected chi connectivity index (χ4v) is 6.70. The predicted octanol–water partition coefficient (Wildman–Crippen LogP) is 3.17. The van der Waals surface area contributed by atoms with Crippen molar-refractivity contribution in [1.29, 1.82) is 0 Å². The second-order valence-corrected chi connectivity index (χ2v) is 10.6. The first kappa shape index (κ1) is 25.2. The van der Waals surface area contributed by atoms with Crippen LogP contribution in [0.5, 0.6) is 5.75 Å². The molecule has 3 aliphatic rings. The van der Waals surface area contributed by atoms with Crippen molar-refractivity contribution in [2.24, 2.45) is 5.73 Å². The van der Waals surface area contributed by atoms with Crippen LogP contribution < -0.4 is 15.9 Å². The minimum absolute atomic E-state index is 0.0356.